The zero-order valence-electron chi connectivity index (χ0n) is 18.1. The number of amides is 1. The van der Waals surface area contributed by atoms with E-state index in [4.69, 9.17) is 9.26 Å². The van der Waals surface area contributed by atoms with Gasteiger partial charge in [-0.05, 0) is 69.6 Å². The molecule has 162 valence electrons. The quantitative estimate of drug-likeness (QED) is 0.577. The highest BCUT2D eigenvalue weighted by Gasteiger charge is 2.24. The highest BCUT2D eigenvalue weighted by Crippen LogP contribution is 2.26. The summed E-state index contributed by atoms with van der Waals surface area (Å²) in [6.45, 7) is 7.30. The number of ether oxygens (including phenoxy) is 1. The molecule has 1 N–H and O–H groups in total. The van der Waals surface area contributed by atoms with Gasteiger partial charge in [0.2, 0.25) is 0 Å². The summed E-state index contributed by atoms with van der Waals surface area (Å²) in [5, 5.41) is 7.04. The molecule has 0 radical (unpaired) electrons. The Hall–Kier alpha value is -3.12. The molecule has 31 heavy (non-hydrogen) atoms. The lowest BCUT2D eigenvalue weighted by Gasteiger charge is -2.28. The SMILES string of the molecule is CCOc1ccc(-c2cc(C(=O)NC[C@@H](c3ccc(C)cc3)N3CCCC3)no2)cc1. The van der Waals surface area contributed by atoms with Gasteiger partial charge < -0.3 is 14.6 Å². The van der Waals surface area contributed by atoms with Gasteiger partial charge in [-0.25, -0.2) is 0 Å². The number of likely N-dealkylation sites (tertiary alicyclic amines) is 1. The Balaban J connectivity index is 1.42. The predicted octanol–water partition coefficient (Wildman–Crippen LogP) is 4.62. The van der Waals surface area contributed by atoms with Crippen molar-refractivity contribution in [1.82, 2.24) is 15.4 Å². The van der Waals surface area contributed by atoms with Gasteiger partial charge in [-0.1, -0.05) is 35.0 Å². The Morgan fingerprint density at radius 1 is 1.13 bits per heavy atom. The van der Waals surface area contributed by atoms with Gasteiger partial charge >= 0.3 is 0 Å². The minimum absolute atomic E-state index is 0.157. The van der Waals surface area contributed by atoms with Crippen LogP contribution >= 0.6 is 0 Å². The molecular weight excluding hydrogens is 390 g/mol. The van der Waals surface area contributed by atoms with Gasteiger partial charge in [-0.2, -0.15) is 0 Å². The molecule has 1 amide bonds. The van der Waals surface area contributed by atoms with Gasteiger partial charge in [0, 0.05) is 18.2 Å². The zero-order valence-corrected chi connectivity index (χ0v) is 18.1. The number of nitrogens with one attached hydrogen (secondary N) is 1. The van der Waals surface area contributed by atoms with Crippen molar-refractivity contribution in [1.29, 1.82) is 0 Å². The monoisotopic (exact) mass is 419 g/mol. The predicted molar refractivity (Wildman–Crippen MR) is 120 cm³/mol. The largest absolute Gasteiger partial charge is 0.494 e. The minimum Gasteiger partial charge on any atom is -0.494 e. The summed E-state index contributed by atoms with van der Waals surface area (Å²) in [7, 11) is 0. The summed E-state index contributed by atoms with van der Waals surface area (Å²) in [5.74, 6) is 1.13. The lowest BCUT2D eigenvalue weighted by atomic mass is 10.0. The van der Waals surface area contributed by atoms with Crippen LogP contribution in [0.3, 0.4) is 0 Å². The Bertz CT molecular complexity index is 990. The second-order valence-electron chi connectivity index (χ2n) is 7.91. The molecule has 0 aliphatic carbocycles. The number of carbonyl (C=O) groups excluding carboxylic acids is 1. The molecule has 3 aromatic rings. The van der Waals surface area contributed by atoms with Gasteiger partial charge in [0.25, 0.3) is 5.91 Å². The summed E-state index contributed by atoms with van der Waals surface area (Å²) in [4.78, 5) is 15.2. The van der Waals surface area contributed by atoms with E-state index in [0.717, 1.165) is 24.4 Å². The molecule has 1 aromatic heterocycles. The first-order chi connectivity index (χ1) is 15.1. The smallest absolute Gasteiger partial charge is 0.273 e. The van der Waals surface area contributed by atoms with Crippen molar-refractivity contribution < 1.29 is 14.1 Å². The lowest BCUT2D eigenvalue weighted by Crippen LogP contribution is -2.36. The van der Waals surface area contributed by atoms with E-state index in [2.05, 4.69) is 46.6 Å². The highest BCUT2D eigenvalue weighted by atomic mass is 16.5. The van der Waals surface area contributed by atoms with Gasteiger partial charge in [-0.15, -0.1) is 0 Å². The molecule has 0 saturated carbocycles. The lowest BCUT2D eigenvalue weighted by molar-refractivity contribution is 0.0929. The first kappa shape index (κ1) is 21.1. The van der Waals surface area contributed by atoms with Crippen LogP contribution < -0.4 is 10.1 Å². The van der Waals surface area contributed by atoms with Crippen LogP contribution in [0.4, 0.5) is 0 Å². The molecule has 6 heteroatoms. The fourth-order valence-corrected chi connectivity index (χ4v) is 3.98. The Labute approximate surface area is 183 Å². The van der Waals surface area contributed by atoms with Gasteiger partial charge in [0.15, 0.2) is 11.5 Å². The van der Waals surface area contributed by atoms with Crippen molar-refractivity contribution in [3.8, 4) is 17.1 Å². The van der Waals surface area contributed by atoms with E-state index in [1.165, 1.54) is 24.0 Å². The number of hydrogen-bond acceptors (Lipinski definition) is 5. The van der Waals surface area contributed by atoms with E-state index >= 15 is 0 Å². The second-order valence-corrected chi connectivity index (χ2v) is 7.91. The Morgan fingerprint density at radius 2 is 1.84 bits per heavy atom. The molecule has 6 nitrogen and oxygen atoms in total. The van der Waals surface area contributed by atoms with Crippen molar-refractivity contribution in [3.63, 3.8) is 0 Å². The number of aryl methyl sites for hydroxylation is 1. The molecule has 1 fully saturated rings. The third-order valence-electron chi connectivity index (χ3n) is 5.69. The molecule has 0 unspecified atom stereocenters. The van der Waals surface area contributed by atoms with E-state index in [-0.39, 0.29) is 17.6 Å². The number of hydrogen-bond donors (Lipinski definition) is 1. The van der Waals surface area contributed by atoms with Crippen molar-refractivity contribution in [3.05, 3.63) is 71.4 Å². The minimum atomic E-state index is -0.225. The number of rotatable bonds is 8. The van der Waals surface area contributed by atoms with E-state index in [9.17, 15) is 4.79 Å². The third kappa shape index (κ3) is 5.14. The van der Waals surface area contributed by atoms with Crippen LogP contribution in [0.5, 0.6) is 5.75 Å². The normalized spacial score (nSPS) is 15.0. The highest BCUT2D eigenvalue weighted by molar-refractivity contribution is 5.93. The average Bonchev–Trinajstić information content (AvgIpc) is 3.48. The van der Waals surface area contributed by atoms with Gasteiger partial charge in [0.1, 0.15) is 5.75 Å². The van der Waals surface area contributed by atoms with Crippen LogP contribution in [-0.2, 0) is 0 Å². The average molecular weight is 420 g/mol. The van der Waals surface area contributed by atoms with Crippen LogP contribution in [0.1, 0.15) is 47.4 Å². The first-order valence-corrected chi connectivity index (χ1v) is 10.9. The second kappa shape index (κ2) is 9.79. The van der Waals surface area contributed by atoms with E-state index < -0.39 is 0 Å². The fraction of sp³-hybridized carbons (Fsp3) is 0.360. The third-order valence-corrected chi connectivity index (χ3v) is 5.69. The topological polar surface area (TPSA) is 67.6 Å². The van der Waals surface area contributed by atoms with E-state index in [1.807, 2.05) is 31.2 Å². The number of benzene rings is 2. The maximum absolute atomic E-state index is 12.8. The molecule has 2 aromatic carbocycles. The molecular formula is C25H29N3O3. The summed E-state index contributed by atoms with van der Waals surface area (Å²) in [5.41, 5.74) is 3.60. The summed E-state index contributed by atoms with van der Waals surface area (Å²) in [6.07, 6.45) is 2.40. The van der Waals surface area contributed by atoms with Crippen molar-refractivity contribution in [2.45, 2.75) is 32.7 Å². The first-order valence-electron chi connectivity index (χ1n) is 10.9. The molecule has 1 saturated heterocycles. The van der Waals surface area contributed by atoms with Crippen LogP contribution in [0.2, 0.25) is 0 Å². The van der Waals surface area contributed by atoms with E-state index in [0.29, 0.717) is 18.9 Å². The summed E-state index contributed by atoms with van der Waals surface area (Å²) in [6, 6.07) is 18.0. The summed E-state index contributed by atoms with van der Waals surface area (Å²) < 4.78 is 10.9. The number of carbonyl (C=O) groups is 1. The molecule has 2 heterocycles. The molecule has 1 aliphatic rings. The van der Waals surface area contributed by atoms with Gasteiger partial charge in [-0.3, -0.25) is 9.69 Å². The molecule has 1 aliphatic heterocycles. The van der Waals surface area contributed by atoms with Crippen LogP contribution in [0.25, 0.3) is 11.3 Å². The fourth-order valence-electron chi connectivity index (χ4n) is 3.98. The van der Waals surface area contributed by atoms with Crippen molar-refractivity contribution in [2.75, 3.05) is 26.2 Å². The van der Waals surface area contributed by atoms with Crippen molar-refractivity contribution in [2.24, 2.45) is 0 Å². The van der Waals surface area contributed by atoms with Crippen LogP contribution in [-0.4, -0.2) is 42.2 Å². The van der Waals surface area contributed by atoms with Gasteiger partial charge in [0.05, 0.1) is 12.6 Å². The molecule has 0 spiro atoms. The summed E-state index contributed by atoms with van der Waals surface area (Å²) >= 11 is 0. The number of aromatic nitrogens is 1. The van der Waals surface area contributed by atoms with E-state index in [1.54, 1.807) is 6.07 Å². The molecule has 1 atom stereocenters. The Morgan fingerprint density at radius 3 is 2.52 bits per heavy atom. The number of nitrogens with zero attached hydrogens (tertiary/aromatic N) is 2. The maximum Gasteiger partial charge on any atom is 0.273 e. The van der Waals surface area contributed by atoms with Crippen molar-refractivity contribution >= 4 is 5.91 Å². The molecule has 4 rings (SSSR count). The maximum atomic E-state index is 12.8. The standard InChI is InChI=1S/C25H29N3O3/c1-3-30-21-12-10-20(11-13-21)24-16-22(27-31-24)25(29)26-17-23(28-14-4-5-15-28)19-8-6-18(2)7-9-19/h6-13,16,23H,3-5,14-15,17H2,1-2H3,(H,26,29)/t23-/m0/s1. The zero-order chi connectivity index (χ0) is 21.6. The van der Waals surface area contributed by atoms with Crippen LogP contribution in [0.15, 0.2) is 59.1 Å². The van der Waals surface area contributed by atoms with Crippen LogP contribution in [0, 0.1) is 6.92 Å². The Kier molecular flexibility index (Phi) is 6.67. The molecule has 0 bridgehead atoms.